The molecule has 4 rings (SSSR count). The molecule has 3 aromatic carbocycles. The highest BCUT2D eigenvalue weighted by atomic mass is 16.5. The smallest absolute Gasteiger partial charge is 0.259 e. The summed E-state index contributed by atoms with van der Waals surface area (Å²) in [4.78, 5) is 14.6. The first-order valence-corrected chi connectivity index (χ1v) is 8.43. The molecule has 1 saturated heterocycles. The summed E-state index contributed by atoms with van der Waals surface area (Å²) in [5, 5.41) is 0. The van der Waals surface area contributed by atoms with Gasteiger partial charge in [0.1, 0.15) is 0 Å². The summed E-state index contributed by atoms with van der Waals surface area (Å²) < 4.78 is 6.00. The third-order valence-electron chi connectivity index (χ3n) is 4.49. The van der Waals surface area contributed by atoms with Gasteiger partial charge in [0.15, 0.2) is 6.10 Å². The molecule has 3 heteroatoms. The maximum atomic E-state index is 12.8. The number of hydrogen-bond donors (Lipinski definition) is 0. The Balaban J connectivity index is 1.59. The zero-order valence-corrected chi connectivity index (χ0v) is 13.8. The van der Waals surface area contributed by atoms with Crippen LogP contribution in [0.25, 0.3) is 0 Å². The molecular formula is C22H19NO2. The summed E-state index contributed by atoms with van der Waals surface area (Å²) >= 11 is 0. The summed E-state index contributed by atoms with van der Waals surface area (Å²) in [5.74, 6) is 0.0102. The van der Waals surface area contributed by atoms with E-state index in [4.69, 9.17) is 4.74 Å². The van der Waals surface area contributed by atoms with Gasteiger partial charge in [-0.15, -0.1) is 0 Å². The molecule has 0 unspecified atom stereocenters. The standard InChI is InChI=1S/C22H19NO2/c24-22-21(25-16-17-10-4-1-5-11-17)20(18-12-6-2-7-13-18)23(22)19-14-8-3-9-15-19/h1-15,20-21H,16H2/t20-,21-/m1/s1. The van der Waals surface area contributed by atoms with Crippen LogP contribution >= 0.6 is 0 Å². The highest BCUT2D eigenvalue weighted by Gasteiger charge is 2.49. The second-order valence-corrected chi connectivity index (χ2v) is 6.12. The minimum absolute atomic E-state index is 0.0102. The van der Waals surface area contributed by atoms with Gasteiger partial charge in [0.05, 0.1) is 12.6 Å². The molecule has 1 aliphatic heterocycles. The van der Waals surface area contributed by atoms with E-state index in [9.17, 15) is 4.79 Å². The number of anilines is 1. The average Bonchev–Trinajstić information content (AvgIpc) is 2.68. The Hall–Kier alpha value is -2.91. The van der Waals surface area contributed by atoms with Crippen molar-refractivity contribution >= 4 is 11.6 Å². The van der Waals surface area contributed by atoms with Crippen molar-refractivity contribution in [2.24, 2.45) is 0 Å². The lowest BCUT2D eigenvalue weighted by Crippen LogP contribution is -2.60. The van der Waals surface area contributed by atoms with Gasteiger partial charge in [-0.1, -0.05) is 78.9 Å². The van der Waals surface area contributed by atoms with Crippen LogP contribution in [-0.4, -0.2) is 12.0 Å². The van der Waals surface area contributed by atoms with E-state index >= 15 is 0 Å². The number of amides is 1. The highest BCUT2D eigenvalue weighted by Crippen LogP contribution is 2.40. The maximum Gasteiger partial charge on any atom is 0.259 e. The zero-order valence-electron chi connectivity index (χ0n) is 13.8. The van der Waals surface area contributed by atoms with E-state index in [1.165, 1.54) is 0 Å². The number of hydrogen-bond acceptors (Lipinski definition) is 2. The van der Waals surface area contributed by atoms with Crippen molar-refractivity contribution in [3.05, 3.63) is 102 Å². The summed E-state index contributed by atoms with van der Waals surface area (Å²) in [5.41, 5.74) is 3.06. The van der Waals surface area contributed by atoms with E-state index in [-0.39, 0.29) is 11.9 Å². The van der Waals surface area contributed by atoms with Crippen LogP contribution < -0.4 is 4.90 Å². The van der Waals surface area contributed by atoms with Crippen LogP contribution in [0.3, 0.4) is 0 Å². The summed E-state index contributed by atoms with van der Waals surface area (Å²) in [7, 11) is 0. The van der Waals surface area contributed by atoms with Crippen LogP contribution in [0.4, 0.5) is 5.69 Å². The molecule has 0 radical (unpaired) electrons. The number of rotatable bonds is 5. The molecule has 1 fully saturated rings. The molecule has 2 atom stereocenters. The van der Waals surface area contributed by atoms with Crippen LogP contribution in [0.2, 0.25) is 0 Å². The van der Waals surface area contributed by atoms with Gasteiger partial charge in [-0.3, -0.25) is 9.69 Å². The largest absolute Gasteiger partial charge is 0.361 e. The van der Waals surface area contributed by atoms with E-state index in [1.807, 2.05) is 95.9 Å². The van der Waals surface area contributed by atoms with Crippen LogP contribution in [0.5, 0.6) is 0 Å². The van der Waals surface area contributed by atoms with Gasteiger partial charge in [0.25, 0.3) is 5.91 Å². The molecular weight excluding hydrogens is 310 g/mol. The highest BCUT2D eigenvalue weighted by molar-refractivity contribution is 6.05. The Morgan fingerprint density at radius 3 is 1.96 bits per heavy atom. The minimum Gasteiger partial charge on any atom is -0.361 e. The van der Waals surface area contributed by atoms with E-state index in [2.05, 4.69) is 0 Å². The van der Waals surface area contributed by atoms with Gasteiger partial charge >= 0.3 is 0 Å². The van der Waals surface area contributed by atoms with Crippen molar-refractivity contribution in [3.63, 3.8) is 0 Å². The Bertz CT molecular complexity index is 834. The van der Waals surface area contributed by atoms with Crippen LogP contribution in [0, 0.1) is 0 Å². The van der Waals surface area contributed by atoms with Crippen LogP contribution in [0.15, 0.2) is 91.0 Å². The van der Waals surface area contributed by atoms with Gasteiger partial charge in [0, 0.05) is 5.69 Å². The molecule has 0 spiro atoms. The number of benzene rings is 3. The second-order valence-electron chi connectivity index (χ2n) is 6.12. The van der Waals surface area contributed by atoms with Gasteiger partial charge in [-0.2, -0.15) is 0 Å². The van der Waals surface area contributed by atoms with Gasteiger partial charge in [0.2, 0.25) is 0 Å². The predicted molar refractivity (Wildman–Crippen MR) is 98.1 cm³/mol. The zero-order chi connectivity index (χ0) is 17.1. The Morgan fingerprint density at radius 1 is 0.760 bits per heavy atom. The van der Waals surface area contributed by atoms with Crippen molar-refractivity contribution < 1.29 is 9.53 Å². The number of carbonyl (C=O) groups excluding carboxylic acids is 1. The molecule has 25 heavy (non-hydrogen) atoms. The number of nitrogens with zero attached hydrogens (tertiary/aromatic N) is 1. The topological polar surface area (TPSA) is 29.5 Å². The molecule has 0 bridgehead atoms. The van der Waals surface area contributed by atoms with E-state index < -0.39 is 6.10 Å². The second kappa shape index (κ2) is 6.91. The van der Waals surface area contributed by atoms with Gasteiger partial charge in [-0.25, -0.2) is 0 Å². The van der Waals surface area contributed by atoms with E-state index in [0.717, 1.165) is 16.8 Å². The number of para-hydroxylation sites is 1. The Labute approximate surface area is 147 Å². The monoisotopic (exact) mass is 329 g/mol. The molecule has 0 aliphatic carbocycles. The first-order valence-electron chi connectivity index (χ1n) is 8.43. The first-order chi connectivity index (χ1) is 12.3. The molecule has 3 nitrogen and oxygen atoms in total. The SMILES string of the molecule is O=C1[C@H](OCc2ccccc2)[C@@H](c2ccccc2)N1c1ccccc1. The fourth-order valence-electron chi connectivity index (χ4n) is 3.24. The maximum absolute atomic E-state index is 12.8. The lowest BCUT2D eigenvalue weighted by molar-refractivity contribution is -0.143. The number of ether oxygens (including phenoxy) is 1. The Kier molecular flexibility index (Phi) is 4.32. The molecule has 0 saturated carbocycles. The third kappa shape index (κ3) is 3.06. The molecule has 3 aromatic rings. The summed E-state index contributed by atoms with van der Waals surface area (Å²) in [6, 6.07) is 29.7. The van der Waals surface area contributed by atoms with Crippen molar-refractivity contribution in [1.82, 2.24) is 0 Å². The fourth-order valence-corrected chi connectivity index (χ4v) is 3.24. The minimum atomic E-state index is -0.456. The number of β-lactam (4-membered cyclic amide) rings is 1. The van der Waals surface area contributed by atoms with E-state index in [0.29, 0.717) is 6.61 Å². The quantitative estimate of drug-likeness (QED) is 0.651. The fraction of sp³-hybridized carbons (Fsp3) is 0.136. The predicted octanol–water partition coefficient (Wildman–Crippen LogP) is 4.36. The summed E-state index contributed by atoms with van der Waals surface area (Å²) in [6.45, 7) is 0.434. The molecule has 1 heterocycles. The average molecular weight is 329 g/mol. The van der Waals surface area contributed by atoms with Crippen molar-refractivity contribution in [3.8, 4) is 0 Å². The van der Waals surface area contributed by atoms with Gasteiger partial charge in [-0.05, 0) is 23.3 Å². The van der Waals surface area contributed by atoms with E-state index in [1.54, 1.807) is 0 Å². The normalized spacial score (nSPS) is 19.5. The van der Waals surface area contributed by atoms with Crippen molar-refractivity contribution in [1.29, 1.82) is 0 Å². The van der Waals surface area contributed by atoms with Crippen LogP contribution in [-0.2, 0) is 16.1 Å². The van der Waals surface area contributed by atoms with Crippen molar-refractivity contribution in [2.75, 3.05) is 4.90 Å². The molecule has 0 N–H and O–H groups in total. The third-order valence-corrected chi connectivity index (χ3v) is 4.49. The van der Waals surface area contributed by atoms with Crippen LogP contribution in [0.1, 0.15) is 17.2 Å². The lowest BCUT2D eigenvalue weighted by atomic mass is 9.89. The lowest BCUT2D eigenvalue weighted by Gasteiger charge is -2.46. The first kappa shape index (κ1) is 15.6. The van der Waals surface area contributed by atoms with Gasteiger partial charge < -0.3 is 4.74 Å². The molecule has 0 aromatic heterocycles. The Morgan fingerprint density at radius 2 is 1.32 bits per heavy atom. The number of carbonyl (C=O) groups is 1. The molecule has 1 aliphatic rings. The molecule has 124 valence electrons. The molecule has 1 amide bonds. The summed E-state index contributed by atoms with van der Waals surface area (Å²) in [6.07, 6.45) is -0.456. The van der Waals surface area contributed by atoms with Crippen molar-refractivity contribution in [2.45, 2.75) is 18.8 Å².